The molecule has 1 aromatic rings. The molecule has 0 bridgehead atoms. The van der Waals surface area contributed by atoms with Crippen molar-refractivity contribution < 1.29 is 9.53 Å². The predicted octanol–water partition coefficient (Wildman–Crippen LogP) is 1.95. The summed E-state index contributed by atoms with van der Waals surface area (Å²) in [6.45, 7) is 4.77. The lowest BCUT2D eigenvalue weighted by atomic mass is 10.1. The number of benzene rings is 1. The van der Waals surface area contributed by atoms with Crippen LogP contribution in [-0.2, 0) is 11.2 Å². The molecule has 0 unspecified atom stereocenters. The molecule has 0 aliphatic carbocycles. The van der Waals surface area contributed by atoms with Crippen LogP contribution in [-0.4, -0.2) is 25.1 Å². The molecular formula is C14H20N2O2. The monoisotopic (exact) mass is 248 g/mol. The van der Waals surface area contributed by atoms with Gasteiger partial charge in [-0.25, -0.2) is 0 Å². The zero-order valence-electron chi connectivity index (χ0n) is 11.2. The maximum Gasteiger partial charge on any atom is 0.228 e. The summed E-state index contributed by atoms with van der Waals surface area (Å²) in [6, 6.07) is 5.98. The van der Waals surface area contributed by atoms with Crippen LogP contribution in [0, 0.1) is 0 Å². The first kappa shape index (κ1) is 12.9. The molecular weight excluding hydrogens is 228 g/mol. The fourth-order valence-electron chi connectivity index (χ4n) is 2.10. The van der Waals surface area contributed by atoms with Gasteiger partial charge in [-0.15, -0.1) is 0 Å². The molecule has 0 saturated carbocycles. The summed E-state index contributed by atoms with van der Waals surface area (Å²) in [5.41, 5.74) is 1.51. The smallest absolute Gasteiger partial charge is 0.228 e. The largest absolute Gasteiger partial charge is 0.485 e. The molecule has 0 atom stereocenters. The third-order valence-corrected chi connectivity index (χ3v) is 2.95. The Morgan fingerprint density at radius 2 is 2.22 bits per heavy atom. The first-order valence-electron chi connectivity index (χ1n) is 6.26. The fraction of sp³-hybridized carbons (Fsp3) is 0.500. The second-order valence-electron chi connectivity index (χ2n) is 5.27. The van der Waals surface area contributed by atoms with E-state index in [1.54, 1.807) is 0 Å². The van der Waals surface area contributed by atoms with Crippen molar-refractivity contribution in [2.45, 2.75) is 32.3 Å². The second kappa shape index (κ2) is 4.98. The molecule has 18 heavy (non-hydrogen) atoms. The van der Waals surface area contributed by atoms with Gasteiger partial charge < -0.3 is 15.4 Å². The molecule has 4 nitrogen and oxygen atoms in total. The van der Waals surface area contributed by atoms with Crippen molar-refractivity contribution in [3.8, 4) is 5.75 Å². The Hall–Kier alpha value is -1.55. The average Bonchev–Trinajstić information content (AvgIpc) is 2.39. The van der Waals surface area contributed by atoms with Gasteiger partial charge >= 0.3 is 0 Å². The van der Waals surface area contributed by atoms with Crippen LogP contribution in [0.15, 0.2) is 18.2 Å². The summed E-state index contributed by atoms with van der Waals surface area (Å²) < 4.78 is 5.88. The van der Waals surface area contributed by atoms with E-state index in [9.17, 15) is 4.79 Å². The van der Waals surface area contributed by atoms with E-state index in [1.165, 1.54) is 5.56 Å². The third kappa shape index (κ3) is 3.01. The third-order valence-electron chi connectivity index (χ3n) is 2.95. The summed E-state index contributed by atoms with van der Waals surface area (Å²) in [7, 11) is 1.93. The number of likely N-dealkylation sites (N-methyl/N-ethyl adjacent to an activating group) is 1. The molecule has 1 aliphatic rings. The van der Waals surface area contributed by atoms with Gasteiger partial charge in [0.25, 0.3) is 0 Å². The molecule has 4 heteroatoms. The maximum atomic E-state index is 11.8. The molecule has 1 aromatic carbocycles. The zero-order chi connectivity index (χ0) is 13.2. The molecule has 0 saturated heterocycles. The summed E-state index contributed by atoms with van der Waals surface area (Å²) in [5, 5.41) is 6.02. The Morgan fingerprint density at radius 1 is 1.44 bits per heavy atom. The van der Waals surface area contributed by atoms with Gasteiger partial charge in [-0.2, -0.15) is 0 Å². The highest BCUT2D eigenvalue weighted by Crippen LogP contribution is 2.33. The van der Waals surface area contributed by atoms with Crippen LogP contribution in [0.25, 0.3) is 0 Å². The van der Waals surface area contributed by atoms with E-state index in [0.29, 0.717) is 6.42 Å². The van der Waals surface area contributed by atoms with Crippen LogP contribution in [0.3, 0.4) is 0 Å². The fourth-order valence-corrected chi connectivity index (χ4v) is 2.10. The summed E-state index contributed by atoms with van der Waals surface area (Å²) >= 11 is 0. The molecule has 0 spiro atoms. The normalized spacial score (nSPS) is 17.4. The predicted molar refractivity (Wildman–Crippen MR) is 72.0 cm³/mol. The van der Waals surface area contributed by atoms with Crippen LogP contribution < -0.4 is 15.4 Å². The minimum atomic E-state index is -0.457. The first-order chi connectivity index (χ1) is 8.50. The number of carbonyl (C=O) groups is 1. The Morgan fingerprint density at radius 3 is 2.94 bits per heavy atom. The van der Waals surface area contributed by atoms with Crippen molar-refractivity contribution in [3.63, 3.8) is 0 Å². The zero-order valence-corrected chi connectivity index (χ0v) is 11.2. The van der Waals surface area contributed by atoms with Crippen LogP contribution in [0.2, 0.25) is 0 Å². The molecule has 2 N–H and O–H groups in total. The van der Waals surface area contributed by atoms with Crippen LogP contribution in [0.5, 0.6) is 5.75 Å². The molecule has 1 amide bonds. The second-order valence-corrected chi connectivity index (χ2v) is 5.27. The van der Waals surface area contributed by atoms with E-state index in [1.807, 2.05) is 39.1 Å². The first-order valence-corrected chi connectivity index (χ1v) is 6.26. The van der Waals surface area contributed by atoms with E-state index >= 15 is 0 Å². The van der Waals surface area contributed by atoms with Gasteiger partial charge in [-0.1, -0.05) is 6.07 Å². The van der Waals surface area contributed by atoms with E-state index in [4.69, 9.17) is 4.74 Å². The quantitative estimate of drug-likeness (QED) is 0.859. The lowest BCUT2D eigenvalue weighted by Crippen LogP contribution is -2.30. The van der Waals surface area contributed by atoms with Crippen molar-refractivity contribution in [2.24, 2.45) is 0 Å². The van der Waals surface area contributed by atoms with Crippen molar-refractivity contribution in [3.05, 3.63) is 23.8 Å². The van der Waals surface area contributed by atoms with Crippen LogP contribution in [0.1, 0.15) is 25.8 Å². The molecule has 2 rings (SSSR count). The number of nitrogens with one attached hydrogen (secondary N) is 2. The topological polar surface area (TPSA) is 50.4 Å². The van der Waals surface area contributed by atoms with Crippen molar-refractivity contribution >= 4 is 11.6 Å². The number of rotatable bonds is 3. The Balaban J connectivity index is 2.27. The highest BCUT2D eigenvalue weighted by atomic mass is 16.5. The van der Waals surface area contributed by atoms with Gasteiger partial charge in [-0.3, -0.25) is 4.79 Å². The highest BCUT2D eigenvalue weighted by molar-refractivity contribution is 5.93. The standard InChI is InChI=1S/C14H20N2O2/c1-14(2)9-13(17)16-11-8-10(6-7-15-3)4-5-12(11)18-14/h4-5,8,15H,6-7,9H2,1-3H3,(H,16,17). The summed E-state index contributed by atoms with van der Waals surface area (Å²) in [6.07, 6.45) is 1.30. The summed E-state index contributed by atoms with van der Waals surface area (Å²) in [5.74, 6) is 0.753. The Kier molecular flexibility index (Phi) is 3.57. The van der Waals surface area contributed by atoms with Crippen LogP contribution >= 0.6 is 0 Å². The Bertz CT molecular complexity index is 455. The minimum absolute atomic E-state index is 0.00418. The lowest BCUT2D eigenvalue weighted by Gasteiger charge is -2.23. The van der Waals surface area contributed by atoms with Gasteiger partial charge in [-0.05, 0) is 51.6 Å². The SMILES string of the molecule is CNCCc1ccc2c(c1)NC(=O)CC(C)(C)O2. The number of carbonyl (C=O) groups excluding carboxylic acids is 1. The van der Waals surface area contributed by atoms with Gasteiger partial charge in [0.2, 0.25) is 5.91 Å². The minimum Gasteiger partial charge on any atom is -0.485 e. The molecule has 1 aliphatic heterocycles. The van der Waals surface area contributed by atoms with Crippen molar-refractivity contribution in [2.75, 3.05) is 18.9 Å². The average molecular weight is 248 g/mol. The number of ether oxygens (including phenoxy) is 1. The number of amides is 1. The molecule has 98 valence electrons. The van der Waals surface area contributed by atoms with Crippen molar-refractivity contribution in [1.82, 2.24) is 5.32 Å². The highest BCUT2D eigenvalue weighted by Gasteiger charge is 2.28. The number of fused-ring (bicyclic) bond motifs is 1. The molecule has 1 heterocycles. The number of anilines is 1. The van der Waals surface area contributed by atoms with E-state index in [0.717, 1.165) is 24.4 Å². The summed E-state index contributed by atoms with van der Waals surface area (Å²) in [4.78, 5) is 11.8. The van der Waals surface area contributed by atoms with Gasteiger partial charge in [0.1, 0.15) is 11.4 Å². The van der Waals surface area contributed by atoms with E-state index in [-0.39, 0.29) is 5.91 Å². The van der Waals surface area contributed by atoms with E-state index < -0.39 is 5.60 Å². The number of hydrogen-bond donors (Lipinski definition) is 2. The van der Waals surface area contributed by atoms with E-state index in [2.05, 4.69) is 10.6 Å². The molecule has 0 radical (unpaired) electrons. The van der Waals surface area contributed by atoms with Gasteiger partial charge in [0, 0.05) is 0 Å². The lowest BCUT2D eigenvalue weighted by molar-refractivity contribution is -0.118. The maximum absolute atomic E-state index is 11.8. The molecule has 0 aromatic heterocycles. The molecule has 0 fully saturated rings. The number of hydrogen-bond acceptors (Lipinski definition) is 3. The van der Waals surface area contributed by atoms with Gasteiger partial charge in [0.05, 0.1) is 12.1 Å². The van der Waals surface area contributed by atoms with Crippen molar-refractivity contribution in [1.29, 1.82) is 0 Å². The Labute approximate surface area is 108 Å². The van der Waals surface area contributed by atoms with Crippen LogP contribution in [0.4, 0.5) is 5.69 Å². The van der Waals surface area contributed by atoms with Gasteiger partial charge in [0.15, 0.2) is 0 Å².